The Morgan fingerprint density at radius 2 is 1.73 bits per heavy atom. The summed E-state index contributed by atoms with van der Waals surface area (Å²) < 4.78 is 0. The number of rotatable bonds is 2. The summed E-state index contributed by atoms with van der Waals surface area (Å²) in [6.45, 7) is 10.8. The lowest BCUT2D eigenvalue weighted by Gasteiger charge is -2.17. The van der Waals surface area contributed by atoms with Gasteiger partial charge in [-0.1, -0.05) is 18.9 Å². The van der Waals surface area contributed by atoms with Crippen molar-refractivity contribution in [2.75, 3.05) is 0 Å². The summed E-state index contributed by atoms with van der Waals surface area (Å²) in [5.41, 5.74) is 6.83. The van der Waals surface area contributed by atoms with E-state index in [1.54, 1.807) is 0 Å². The molecule has 0 fully saturated rings. The fourth-order valence-corrected chi connectivity index (χ4v) is 2.03. The number of terminal acetylenes is 1. The maximum atomic E-state index is 5.57. The van der Waals surface area contributed by atoms with Gasteiger partial charge in [-0.25, -0.2) is 0 Å². The second-order valence-electron chi connectivity index (χ2n) is 4.29. The van der Waals surface area contributed by atoms with Crippen molar-refractivity contribution in [1.29, 1.82) is 0 Å². The molecule has 0 spiro atoms. The van der Waals surface area contributed by atoms with Gasteiger partial charge in [-0.3, -0.25) is 0 Å². The number of hydrogen-bond acceptors (Lipinski definition) is 0. The van der Waals surface area contributed by atoms with E-state index in [4.69, 9.17) is 6.42 Å². The van der Waals surface area contributed by atoms with E-state index >= 15 is 0 Å². The third-order valence-electron chi connectivity index (χ3n) is 3.51. The van der Waals surface area contributed by atoms with Gasteiger partial charge >= 0.3 is 0 Å². The molecular formula is C15H20. The van der Waals surface area contributed by atoms with Crippen molar-refractivity contribution in [3.05, 3.63) is 33.9 Å². The fraction of sp³-hybridized carbons (Fsp3) is 0.467. The second-order valence-corrected chi connectivity index (χ2v) is 4.29. The van der Waals surface area contributed by atoms with Crippen molar-refractivity contribution in [3.63, 3.8) is 0 Å². The average Bonchev–Trinajstić information content (AvgIpc) is 2.24. The molecule has 1 unspecified atom stereocenters. The van der Waals surface area contributed by atoms with Crippen molar-refractivity contribution >= 4 is 0 Å². The molecule has 0 amide bonds. The summed E-state index contributed by atoms with van der Waals surface area (Å²) in [6.07, 6.45) is 6.59. The quantitative estimate of drug-likeness (QED) is 0.632. The summed E-state index contributed by atoms with van der Waals surface area (Å²) in [7, 11) is 0. The Labute approximate surface area is 93.7 Å². The summed E-state index contributed by atoms with van der Waals surface area (Å²) >= 11 is 0. The smallest absolute Gasteiger partial charge is 0.0449 e. The van der Waals surface area contributed by atoms with Crippen LogP contribution in [-0.4, -0.2) is 0 Å². The van der Waals surface area contributed by atoms with Gasteiger partial charge in [0.2, 0.25) is 0 Å². The van der Waals surface area contributed by atoms with Crippen molar-refractivity contribution in [2.45, 2.75) is 47.0 Å². The van der Waals surface area contributed by atoms with Crippen LogP contribution in [0.25, 0.3) is 0 Å². The van der Waals surface area contributed by atoms with Gasteiger partial charge in [0.25, 0.3) is 0 Å². The topological polar surface area (TPSA) is 0 Å². The van der Waals surface area contributed by atoms with Crippen LogP contribution in [0.4, 0.5) is 0 Å². The highest BCUT2D eigenvalue weighted by molar-refractivity contribution is 5.46. The molecule has 0 aliphatic rings. The Kier molecular flexibility index (Phi) is 3.58. The molecular weight excluding hydrogens is 180 g/mol. The summed E-state index contributed by atoms with van der Waals surface area (Å²) in [5.74, 6) is 3.15. The summed E-state index contributed by atoms with van der Waals surface area (Å²) in [4.78, 5) is 0. The lowest BCUT2D eigenvalue weighted by Crippen LogP contribution is -2.02. The van der Waals surface area contributed by atoms with Gasteiger partial charge < -0.3 is 0 Å². The van der Waals surface area contributed by atoms with Crippen LogP contribution in [0.1, 0.15) is 47.1 Å². The SMILES string of the molecule is C#CC(CC)c1cc(C)c(C)c(C)c1C. The maximum Gasteiger partial charge on any atom is 0.0449 e. The first-order chi connectivity index (χ1) is 7.02. The van der Waals surface area contributed by atoms with E-state index in [0.29, 0.717) is 0 Å². The van der Waals surface area contributed by atoms with E-state index in [1.165, 1.54) is 27.8 Å². The van der Waals surface area contributed by atoms with Gasteiger partial charge in [0.05, 0.1) is 0 Å². The molecule has 0 aliphatic carbocycles. The number of aryl methyl sites for hydroxylation is 1. The molecule has 0 heteroatoms. The zero-order chi connectivity index (χ0) is 11.6. The third-order valence-corrected chi connectivity index (χ3v) is 3.51. The van der Waals surface area contributed by atoms with Crippen LogP contribution in [0.15, 0.2) is 6.07 Å². The van der Waals surface area contributed by atoms with Gasteiger partial charge in [0.1, 0.15) is 0 Å². The monoisotopic (exact) mass is 200 g/mol. The first kappa shape index (κ1) is 11.9. The minimum atomic E-state index is 0.267. The third kappa shape index (κ3) is 2.07. The van der Waals surface area contributed by atoms with Crippen molar-refractivity contribution in [2.24, 2.45) is 0 Å². The fourth-order valence-electron chi connectivity index (χ4n) is 2.03. The van der Waals surface area contributed by atoms with Gasteiger partial charge in [-0.15, -0.1) is 6.42 Å². The van der Waals surface area contributed by atoms with E-state index in [1.807, 2.05) is 0 Å². The number of benzene rings is 1. The van der Waals surface area contributed by atoms with Crippen LogP contribution in [0, 0.1) is 40.0 Å². The maximum absolute atomic E-state index is 5.57. The molecule has 1 aromatic carbocycles. The van der Waals surface area contributed by atoms with Crippen molar-refractivity contribution in [1.82, 2.24) is 0 Å². The largest absolute Gasteiger partial charge is 0.119 e. The van der Waals surface area contributed by atoms with Gasteiger partial charge in [-0.2, -0.15) is 0 Å². The second kappa shape index (κ2) is 4.53. The summed E-state index contributed by atoms with van der Waals surface area (Å²) in [5, 5.41) is 0. The van der Waals surface area contributed by atoms with E-state index in [2.05, 4.69) is 46.6 Å². The van der Waals surface area contributed by atoms with Crippen LogP contribution in [0.2, 0.25) is 0 Å². The van der Waals surface area contributed by atoms with Crippen LogP contribution in [0.5, 0.6) is 0 Å². The van der Waals surface area contributed by atoms with Gasteiger partial charge in [-0.05, 0) is 61.9 Å². The molecule has 0 bridgehead atoms. The van der Waals surface area contributed by atoms with Gasteiger partial charge in [0, 0.05) is 5.92 Å². The molecule has 0 N–H and O–H groups in total. The zero-order valence-electron chi connectivity index (χ0n) is 10.4. The van der Waals surface area contributed by atoms with Crippen molar-refractivity contribution < 1.29 is 0 Å². The lowest BCUT2D eigenvalue weighted by atomic mass is 9.87. The lowest BCUT2D eigenvalue weighted by molar-refractivity contribution is 0.819. The predicted octanol–water partition coefficient (Wildman–Crippen LogP) is 4.05. The van der Waals surface area contributed by atoms with E-state index in [0.717, 1.165) is 6.42 Å². The van der Waals surface area contributed by atoms with Crippen LogP contribution in [-0.2, 0) is 0 Å². The molecule has 0 aliphatic heterocycles. The molecule has 80 valence electrons. The predicted molar refractivity (Wildman–Crippen MR) is 67.3 cm³/mol. The van der Waals surface area contributed by atoms with Crippen LogP contribution >= 0.6 is 0 Å². The van der Waals surface area contributed by atoms with Gasteiger partial charge in [0.15, 0.2) is 0 Å². The Balaban J connectivity index is 3.39. The minimum absolute atomic E-state index is 0.267. The molecule has 0 saturated carbocycles. The van der Waals surface area contributed by atoms with E-state index in [9.17, 15) is 0 Å². The molecule has 1 rings (SSSR count). The molecule has 15 heavy (non-hydrogen) atoms. The zero-order valence-corrected chi connectivity index (χ0v) is 10.4. The Morgan fingerprint density at radius 1 is 1.13 bits per heavy atom. The Hall–Kier alpha value is -1.22. The van der Waals surface area contributed by atoms with E-state index < -0.39 is 0 Å². The molecule has 0 nitrogen and oxygen atoms in total. The minimum Gasteiger partial charge on any atom is -0.119 e. The van der Waals surface area contributed by atoms with Crippen LogP contribution < -0.4 is 0 Å². The first-order valence-electron chi connectivity index (χ1n) is 5.56. The standard InChI is InChI=1S/C15H20/c1-7-14(8-2)15-9-10(3)11(4)12(5)13(15)6/h1,9,14H,8H2,2-6H3. The molecule has 0 saturated heterocycles. The highest BCUT2D eigenvalue weighted by Gasteiger charge is 2.13. The highest BCUT2D eigenvalue weighted by Crippen LogP contribution is 2.28. The Bertz CT molecular complexity index is 405. The molecule has 0 heterocycles. The Morgan fingerprint density at radius 3 is 2.20 bits per heavy atom. The summed E-state index contributed by atoms with van der Waals surface area (Å²) in [6, 6.07) is 2.26. The van der Waals surface area contributed by atoms with E-state index in [-0.39, 0.29) is 5.92 Å². The molecule has 0 radical (unpaired) electrons. The molecule has 0 aromatic heterocycles. The number of hydrogen-bond donors (Lipinski definition) is 0. The highest BCUT2D eigenvalue weighted by atomic mass is 14.2. The molecule has 1 atom stereocenters. The van der Waals surface area contributed by atoms with Crippen LogP contribution in [0.3, 0.4) is 0 Å². The van der Waals surface area contributed by atoms with Crippen molar-refractivity contribution in [3.8, 4) is 12.3 Å². The molecule has 1 aromatic rings. The first-order valence-corrected chi connectivity index (χ1v) is 5.56. The average molecular weight is 200 g/mol. The normalized spacial score (nSPS) is 12.3.